The lowest BCUT2D eigenvalue weighted by molar-refractivity contribution is -0.132. The zero-order chi connectivity index (χ0) is 22.2. The first-order valence-corrected chi connectivity index (χ1v) is 11.2. The molecule has 32 heavy (non-hydrogen) atoms. The summed E-state index contributed by atoms with van der Waals surface area (Å²) in [5.74, 6) is -0.675. The van der Waals surface area contributed by atoms with Crippen LogP contribution < -0.4 is 14.4 Å². The van der Waals surface area contributed by atoms with E-state index in [2.05, 4.69) is 11.9 Å². The van der Waals surface area contributed by atoms with Crippen molar-refractivity contribution in [2.45, 2.75) is 19.4 Å². The Morgan fingerprint density at radius 2 is 1.88 bits per heavy atom. The van der Waals surface area contributed by atoms with Crippen molar-refractivity contribution >= 4 is 33.9 Å². The maximum Gasteiger partial charge on any atom is 0.301 e. The van der Waals surface area contributed by atoms with Crippen molar-refractivity contribution in [3.05, 3.63) is 76.3 Å². The number of hydrogen-bond donors (Lipinski definition) is 1. The van der Waals surface area contributed by atoms with Crippen molar-refractivity contribution in [1.29, 1.82) is 0 Å². The highest BCUT2D eigenvalue weighted by Crippen LogP contribution is 2.43. The highest BCUT2D eigenvalue weighted by Gasteiger charge is 2.48. The topological polar surface area (TPSA) is 89.0 Å². The Labute approximate surface area is 188 Å². The molecule has 0 radical (unpaired) electrons. The van der Waals surface area contributed by atoms with E-state index in [9.17, 15) is 14.7 Å². The van der Waals surface area contributed by atoms with Crippen LogP contribution in [0.4, 0.5) is 5.13 Å². The van der Waals surface area contributed by atoms with Crippen molar-refractivity contribution in [2.75, 3.05) is 18.1 Å². The number of aliphatic hydroxyl groups is 1. The summed E-state index contributed by atoms with van der Waals surface area (Å²) < 4.78 is 11.2. The molecule has 1 N–H and O–H groups in total. The molecule has 0 saturated carbocycles. The maximum absolute atomic E-state index is 13.1. The number of benzene rings is 2. The van der Waals surface area contributed by atoms with Crippen LogP contribution in [0.15, 0.2) is 59.6 Å². The molecule has 7 nitrogen and oxygen atoms in total. The Bertz CT molecular complexity index is 1220. The van der Waals surface area contributed by atoms with E-state index in [1.54, 1.807) is 29.8 Å². The molecule has 1 fully saturated rings. The Balaban J connectivity index is 1.67. The normalized spacial score (nSPS) is 19.4. The maximum atomic E-state index is 13.1. The number of anilines is 1. The minimum absolute atomic E-state index is 0.0196. The SMILES string of the molecule is CCc1ccc(C2C(=C(O)c3ccc4c(c3)OCCO4)C(=O)C(=O)N2c2nccs2)cc1. The third-order valence-corrected chi connectivity index (χ3v) is 6.36. The zero-order valence-corrected chi connectivity index (χ0v) is 18.1. The summed E-state index contributed by atoms with van der Waals surface area (Å²) in [7, 11) is 0. The highest BCUT2D eigenvalue weighted by molar-refractivity contribution is 7.14. The van der Waals surface area contributed by atoms with Crippen molar-refractivity contribution in [3.8, 4) is 11.5 Å². The van der Waals surface area contributed by atoms with E-state index in [1.165, 1.54) is 16.2 Å². The summed E-state index contributed by atoms with van der Waals surface area (Å²) in [6.07, 6.45) is 2.45. The molecule has 5 rings (SSSR count). The van der Waals surface area contributed by atoms with Crippen LogP contribution in [-0.4, -0.2) is 35.0 Å². The summed E-state index contributed by atoms with van der Waals surface area (Å²) in [4.78, 5) is 31.8. The smallest absolute Gasteiger partial charge is 0.301 e. The third kappa shape index (κ3) is 3.33. The molecule has 162 valence electrons. The number of thiazole rings is 1. The van der Waals surface area contributed by atoms with Gasteiger partial charge in [0, 0.05) is 17.1 Å². The van der Waals surface area contributed by atoms with Crippen LogP contribution in [-0.2, 0) is 16.0 Å². The molecule has 2 aromatic carbocycles. The Morgan fingerprint density at radius 3 is 2.56 bits per heavy atom. The van der Waals surface area contributed by atoms with E-state index < -0.39 is 17.7 Å². The second-order valence-electron chi connectivity index (χ2n) is 7.44. The predicted molar refractivity (Wildman–Crippen MR) is 120 cm³/mol. The van der Waals surface area contributed by atoms with E-state index in [0.717, 1.165) is 17.5 Å². The number of carbonyl (C=O) groups is 2. The van der Waals surface area contributed by atoms with Crippen LogP contribution >= 0.6 is 11.3 Å². The van der Waals surface area contributed by atoms with Gasteiger partial charge in [-0.25, -0.2) is 4.98 Å². The first-order valence-electron chi connectivity index (χ1n) is 10.3. The first kappa shape index (κ1) is 20.3. The number of aryl methyl sites for hydroxylation is 1. The quantitative estimate of drug-likeness (QED) is 0.367. The number of fused-ring (bicyclic) bond motifs is 1. The van der Waals surface area contributed by atoms with E-state index in [1.807, 2.05) is 24.3 Å². The largest absolute Gasteiger partial charge is 0.507 e. The second kappa shape index (κ2) is 8.12. The van der Waals surface area contributed by atoms with E-state index in [4.69, 9.17) is 9.47 Å². The van der Waals surface area contributed by atoms with Gasteiger partial charge in [-0.3, -0.25) is 14.5 Å². The molecule has 1 aromatic heterocycles. The fourth-order valence-electron chi connectivity index (χ4n) is 3.96. The van der Waals surface area contributed by atoms with Crippen molar-refractivity contribution in [1.82, 2.24) is 4.98 Å². The van der Waals surface area contributed by atoms with Crippen LogP contribution in [0.1, 0.15) is 29.7 Å². The minimum Gasteiger partial charge on any atom is -0.507 e. The van der Waals surface area contributed by atoms with Crippen molar-refractivity contribution < 1.29 is 24.2 Å². The molecule has 1 atom stereocenters. The Hall–Kier alpha value is -3.65. The van der Waals surface area contributed by atoms with Crippen LogP contribution in [0.3, 0.4) is 0 Å². The third-order valence-electron chi connectivity index (χ3n) is 5.59. The standard InChI is InChI=1S/C24H20N2O5S/c1-2-14-3-5-15(6-4-14)20-19(22(28)23(29)26(20)24-25-9-12-32-24)21(27)16-7-8-17-18(13-16)31-11-10-30-17/h3-9,12-13,20,27H,2,10-11H2,1H3. The van der Waals surface area contributed by atoms with Crippen LogP contribution in [0.5, 0.6) is 11.5 Å². The monoisotopic (exact) mass is 448 g/mol. The van der Waals surface area contributed by atoms with Gasteiger partial charge in [-0.1, -0.05) is 31.2 Å². The molecule has 1 amide bonds. The fraction of sp³-hybridized carbons (Fsp3) is 0.208. The number of Topliss-reactive ketones (excluding diaryl/α,β-unsaturated/α-hetero) is 1. The lowest BCUT2D eigenvalue weighted by Gasteiger charge is -2.23. The van der Waals surface area contributed by atoms with Gasteiger partial charge in [-0.05, 0) is 35.7 Å². The summed E-state index contributed by atoms with van der Waals surface area (Å²) in [6, 6.07) is 11.9. The van der Waals surface area contributed by atoms with Gasteiger partial charge >= 0.3 is 5.91 Å². The lowest BCUT2D eigenvalue weighted by Crippen LogP contribution is -2.29. The van der Waals surface area contributed by atoms with Gasteiger partial charge in [0.25, 0.3) is 5.78 Å². The number of carbonyl (C=O) groups excluding carboxylic acids is 2. The van der Waals surface area contributed by atoms with Gasteiger partial charge in [-0.2, -0.15) is 0 Å². The molecule has 2 aliphatic heterocycles. The number of aliphatic hydroxyl groups excluding tert-OH is 1. The number of nitrogens with zero attached hydrogens (tertiary/aromatic N) is 2. The molecule has 0 spiro atoms. The molecule has 3 aromatic rings. The summed E-state index contributed by atoms with van der Waals surface area (Å²) in [5.41, 5.74) is 2.25. The number of rotatable bonds is 4. The average molecular weight is 449 g/mol. The van der Waals surface area contributed by atoms with Crippen molar-refractivity contribution in [3.63, 3.8) is 0 Å². The van der Waals surface area contributed by atoms with Gasteiger partial charge in [0.05, 0.1) is 11.6 Å². The Morgan fingerprint density at radius 1 is 1.12 bits per heavy atom. The summed E-state index contributed by atoms with van der Waals surface area (Å²) in [6.45, 7) is 2.90. The van der Waals surface area contributed by atoms with E-state index in [-0.39, 0.29) is 11.3 Å². The average Bonchev–Trinajstić information content (AvgIpc) is 3.45. The molecule has 1 unspecified atom stereocenters. The van der Waals surface area contributed by atoms with Gasteiger partial charge < -0.3 is 14.6 Å². The molecule has 8 heteroatoms. The molecule has 0 aliphatic carbocycles. The van der Waals surface area contributed by atoms with E-state index >= 15 is 0 Å². The van der Waals surface area contributed by atoms with Gasteiger partial charge in [0.2, 0.25) is 0 Å². The zero-order valence-electron chi connectivity index (χ0n) is 17.3. The molecule has 2 aliphatic rings. The lowest BCUT2D eigenvalue weighted by atomic mass is 9.94. The number of amides is 1. The minimum atomic E-state index is -0.791. The van der Waals surface area contributed by atoms with Crippen LogP contribution in [0.25, 0.3) is 5.76 Å². The number of aromatic nitrogens is 1. The Kier molecular flexibility index (Phi) is 5.14. The highest BCUT2D eigenvalue weighted by atomic mass is 32.1. The molecule has 0 bridgehead atoms. The molecule has 3 heterocycles. The van der Waals surface area contributed by atoms with Crippen LogP contribution in [0, 0.1) is 0 Å². The summed E-state index contributed by atoms with van der Waals surface area (Å²) >= 11 is 1.26. The van der Waals surface area contributed by atoms with E-state index in [0.29, 0.717) is 35.4 Å². The molecular weight excluding hydrogens is 428 g/mol. The van der Waals surface area contributed by atoms with Gasteiger partial charge in [-0.15, -0.1) is 11.3 Å². The number of hydrogen-bond acceptors (Lipinski definition) is 7. The first-order chi connectivity index (χ1) is 15.6. The van der Waals surface area contributed by atoms with Gasteiger partial charge in [0.1, 0.15) is 19.0 Å². The fourth-order valence-corrected chi connectivity index (χ4v) is 4.63. The number of ketones is 1. The summed E-state index contributed by atoms with van der Waals surface area (Å²) in [5, 5.41) is 13.4. The number of ether oxygens (including phenoxy) is 2. The van der Waals surface area contributed by atoms with Crippen LogP contribution in [0.2, 0.25) is 0 Å². The van der Waals surface area contributed by atoms with Gasteiger partial charge in [0.15, 0.2) is 16.6 Å². The van der Waals surface area contributed by atoms with Crippen molar-refractivity contribution in [2.24, 2.45) is 0 Å². The molecular formula is C24H20N2O5S. The second-order valence-corrected chi connectivity index (χ2v) is 8.31. The molecule has 1 saturated heterocycles. The predicted octanol–water partition coefficient (Wildman–Crippen LogP) is 4.10.